The van der Waals surface area contributed by atoms with Crippen LogP contribution in [0.4, 0.5) is 11.6 Å². The number of likely N-dealkylation sites (N-methyl/N-ethyl adjacent to an activating group) is 1. The lowest BCUT2D eigenvalue weighted by Crippen LogP contribution is -2.44. The van der Waals surface area contributed by atoms with Crippen LogP contribution in [0.15, 0.2) is 42.6 Å². The van der Waals surface area contributed by atoms with Gasteiger partial charge in [0, 0.05) is 44.0 Å². The molecule has 3 aromatic rings. The number of hydrogen-bond donors (Lipinski definition) is 2. The summed E-state index contributed by atoms with van der Waals surface area (Å²) in [6.07, 6.45) is 1.59. The fraction of sp³-hybridized carbons (Fsp3) is 0.286. The Morgan fingerprint density at radius 1 is 1.00 bits per heavy atom. The number of nitrogens with zero attached hydrogens (tertiary/aromatic N) is 5. The van der Waals surface area contributed by atoms with Crippen LogP contribution in [0.1, 0.15) is 5.56 Å². The lowest BCUT2D eigenvalue weighted by atomic mass is 10.1. The zero-order valence-electron chi connectivity index (χ0n) is 16.5. The molecule has 156 valence electrons. The number of hydrogen-bond acceptors (Lipinski definition) is 7. The molecule has 1 fully saturated rings. The molecule has 9 heteroatoms. The van der Waals surface area contributed by atoms with Gasteiger partial charge in [0.25, 0.3) is 0 Å². The van der Waals surface area contributed by atoms with Gasteiger partial charge in [-0.1, -0.05) is 35.3 Å². The van der Waals surface area contributed by atoms with Gasteiger partial charge in [0.1, 0.15) is 5.69 Å². The molecule has 0 unspecified atom stereocenters. The molecular weight excluding hydrogens is 423 g/mol. The van der Waals surface area contributed by atoms with Crippen molar-refractivity contribution in [2.75, 3.05) is 43.4 Å². The average Bonchev–Trinajstić information content (AvgIpc) is 2.77. The van der Waals surface area contributed by atoms with Gasteiger partial charge in [0.05, 0.1) is 16.2 Å². The van der Waals surface area contributed by atoms with Crippen molar-refractivity contribution in [3.63, 3.8) is 0 Å². The number of nitrogens with one attached hydrogen (secondary N) is 1. The number of halogens is 2. The van der Waals surface area contributed by atoms with Crippen molar-refractivity contribution in [1.29, 1.82) is 0 Å². The third kappa shape index (κ3) is 4.75. The maximum absolute atomic E-state index is 9.67. The van der Waals surface area contributed by atoms with E-state index in [9.17, 15) is 5.11 Å². The number of aromatic nitrogens is 3. The molecule has 0 atom stereocenters. The van der Waals surface area contributed by atoms with E-state index in [1.54, 1.807) is 18.3 Å². The molecule has 2 heterocycles. The molecule has 30 heavy (non-hydrogen) atoms. The second-order valence-electron chi connectivity index (χ2n) is 7.27. The molecule has 1 saturated heterocycles. The Morgan fingerprint density at radius 2 is 1.67 bits per heavy atom. The molecule has 0 aliphatic carbocycles. The highest BCUT2D eigenvalue weighted by atomic mass is 35.5. The summed E-state index contributed by atoms with van der Waals surface area (Å²) >= 11 is 11.9. The van der Waals surface area contributed by atoms with Crippen LogP contribution in [0.3, 0.4) is 0 Å². The minimum atomic E-state index is -0.153. The molecule has 0 bridgehead atoms. The number of rotatable bonds is 5. The average molecular weight is 445 g/mol. The van der Waals surface area contributed by atoms with Crippen LogP contribution in [0.2, 0.25) is 10.0 Å². The van der Waals surface area contributed by atoms with E-state index in [1.807, 2.05) is 0 Å². The minimum absolute atomic E-state index is 0.153. The van der Waals surface area contributed by atoms with Gasteiger partial charge in [-0.3, -0.25) is 0 Å². The second kappa shape index (κ2) is 9.04. The maximum atomic E-state index is 9.67. The Kier molecular flexibility index (Phi) is 6.22. The van der Waals surface area contributed by atoms with Gasteiger partial charge >= 0.3 is 0 Å². The third-order valence-electron chi connectivity index (χ3n) is 5.13. The number of piperazine rings is 1. The Labute approximate surface area is 185 Å². The van der Waals surface area contributed by atoms with Crippen molar-refractivity contribution < 1.29 is 5.11 Å². The highest BCUT2D eigenvalue weighted by Crippen LogP contribution is 2.35. The summed E-state index contributed by atoms with van der Waals surface area (Å²) in [5.74, 6) is 0.276. The first-order valence-electron chi connectivity index (χ1n) is 9.64. The Balaban J connectivity index is 1.36. The lowest BCUT2D eigenvalue weighted by molar-refractivity contribution is 0.313. The number of benzene rings is 2. The Bertz CT molecular complexity index is 982. The van der Waals surface area contributed by atoms with E-state index < -0.39 is 0 Å². The highest BCUT2D eigenvalue weighted by Gasteiger charge is 2.14. The van der Waals surface area contributed by atoms with Crippen molar-refractivity contribution in [1.82, 2.24) is 20.1 Å². The molecule has 1 aromatic heterocycles. The van der Waals surface area contributed by atoms with Gasteiger partial charge < -0.3 is 20.2 Å². The molecule has 0 amide bonds. The van der Waals surface area contributed by atoms with Gasteiger partial charge in [-0.15, -0.1) is 10.2 Å². The summed E-state index contributed by atoms with van der Waals surface area (Å²) in [7, 11) is 2.16. The van der Waals surface area contributed by atoms with E-state index in [0.29, 0.717) is 23.8 Å². The fourth-order valence-corrected chi connectivity index (χ4v) is 3.76. The zero-order chi connectivity index (χ0) is 21.1. The predicted octanol–water partition coefficient (Wildman–Crippen LogP) is 3.91. The first kappa shape index (κ1) is 20.7. The Morgan fingerprint density at radius 3 is 2.27 bits per heavy atom. The van der Waals surface area contributed by atoms with Gasteiger partial charge in [0.15, 0.2) is 5.75 Å². The predicted molar refractivity (Wildman–Crippen MR) is 120 cm³/mol. The first-order valence-corrected chi connectivity index (χ1v) is 10.4. The first-order chi connectivity index (χ1) is 14.5. The van der Waals surface area contributed by atoms with E-state index in [2.05, 4.69) is 61.6 Å². The van der Waals surface area contributed by atoms with Crippen LogP contribution < -0.4 is 10.2 Å². The van der Waals surface area contributed by atoms with Crippen molar-refractivity contribution in [2.24, 2.45) is 0 Å². The molecular formula is C21H22Cl2N6O. The molecule has 1 aliphatic heterocycles. The summed E-state index contributed by atoms with van der Waals surface area (Å²) in [6.45, 7) is 4.88. The standard InChI is InChI=1S/C21H22Cl2N6O/c1-28-6-8-29(9-7-28)16-4-2-14(3-5-16)12-24-21-25-13-19(26-27-21)15-10-17(22)20(30)18(23)11-15/h2-5,10-11,13,30H,6-9,12H2,1H3,(H,24,25,27). The molecule has 7 nitrogen and oxygen atoms in total. The maximum Gasteiger partial charge on any atom is 0.242 e. The normalized spacial score (nSPS) is 14.7. The topological polar surface area (TPSA) is 77.4 Å². The van der Waals surface area contributed by atoms with Gasteiger partial charge in [0.2, 0.25) is 5.95 Å². The van der Waals surface area contributed by atoms with Gasteiger partial charge in [-0.05, 0) is 36.9 Å². The zero-order valence-corrected chi connectivity index (χ0v) is 18.0. The molecule has 2 N–H and O–H groups in total. The van der Waals surface area contributed by atoms with Crippen molar-refractivity contribution in [3.05, 3.63) is 58.2 Å². The van der Waals surface area contributed by atoms with E-state index in [0.717, 1.165) is 31.7 Å². The summed E-state index contributed by atoms with van der Waals surface area (Å²) in [5, 5.41) is 21.4. The van der Waals surface area contributed by atoms with Crippen LogP contribution in [0.25, 0.3) is 11.3 Å². The van der Waals surface area contributed by atoms with E-state index in [-0.39, 0.29) is 15.8 Å². The highest BCUT2D eigenvalue weighted by molar-refractivity contribution is 6.37. The van der Waals surface area contributed by atoms with E-state index in [1.165, 1.54) is 5.69 Å². The van der Waals surface area contributed by atoms with Crippen molar-refractivity contribution in [3.8, 4) is 17.0 Å². The van der Waals surface area contributed by atoms with E-state index >= 15 is 0 Å². The number of anilines is 2. The lowest BCUT2D eigenvalue weighted by Gasteiger charge is -2.34. The van der Waals surface area contributed by atoms with Crippen LogP contribution >= 0.6 is 23.2 Å². The quantitative estimate of drug-likeness (QED) is 0.617. The van der Waals surface area contributed by atoms with Gasteiger partial charge in [-0.2, -0.15) is 0 Å². The molecule has 0 saturated carbocycles. The number of aromatic hydroxyl groups is 1. The largest absolute Gasteiger partial charge is 0.505 e. The number of phenolic OH excluding ortho intramolecular Hbond substituents is 1. The molecule has 1 aliphatic rings. The molecule has 0 spiro atoms. The van der Waals surface area contributed by atoms with Crippen LogP contribution in [0, 0.1) is 0 Å². The summed E-state index contributed by atoms with van der Waals surface area (Å²) < 4.78 is 0. The molecule has 0 radical (unpaired) electrons. The fourth-order valence-electron chi connectivity index (χ4n) is 3.27. The SMILES string of the molecule is CN1CCN(c2ccc(CNc3ncc(-c4cc(Cl)c(O)c(Cl)c4)nn3)cc2)CC1. The third-order valence-corrected chi connectivity index (χ3v) is 5.71. The Hall–Kier alpha value is -2.61. The van der Waals surface area contributed by atoms with Crippen molar-refractivity contribution in [2.45, 2.75) is 6.54 Å². The molecule has 2 aromatic carbocycles. The van der Waals surface area contributed by atoms with Crippen LogP contribution in [-0.2, 0) is 6.54 Å². The minimum Gasteiger partial charge on any atom is -0.505 e. The van der Waals surface area contributed by atoms with E-state index in [4.69, 9.17) is 23.2 Å². The summed E-state index contributed by atoms with van der Waals surface area (Å²) in [6, 6.07) is 11.7. The monoisotopic (exact) mass is 444 g/mol. The van der Waals surface area contributed by atoms with Gasteiger partial charge in [-0.25, -0.2) is 4.98 Å². The second-order valence-corrected chi connectivity index (χ2v) is 8.08. The smallest absolute Gasteiger partial charge is 0.242 e. The number of phenols is 1. The van der Waals surface area contributed by atoms with Crippen molar-refractivity contribution >= 4 is 34.8 Å². The van der Waals surface area contributed by atoms with Crippen LogP contribution in [-0.4, -0.2) is 58.4 Å². The van der Waals surface area contributed by atoms with Crippen LogP contribution in [0.5, 0.6) is 5.75 Å². The summed E-state index contributed by atoms with van der Waals surface area (Å²) in [4.78, 5) is 9.06. The summed E-state index contributed by atoms with van der Waals surface area (Å²) in [5.41, 5.74) is 3.53. The molecule has 4 rings (SSSR count).